The Hall–Kier alpha value is -4.74. The predicted molar refractivity (Wildman–Crippen MR) is 159 cm³/mol. The molecule has 2 rings (SSSR count). The van der Waals surface area contributed by atoms with Gasteiger partial charge in [0.1, 0.15) is 0 Å². The number of benzene rings is 2. The van der Waals surface area contributed by atoms with Crippen LogP contribution in [0.15, 0.2) is 36.4 Å². The summed E-state index contributed by atoms with van der Waals surface area (Å²) in [5, 5.41) is 5.55. The number of carbonyl (C=O) groups is 6. The molecule has 0 aliphatic heterocycles. The Morgan fingerprint density at radius 3 is 1.12 bits per heavy atom. The van der Waals surface area contributed by atoms with Crippen LogP contribution in [-0.4, -0.2) is 35.4 Å². The van der Waals surface area contributed by atoms with Gasteiger partial charge in [-0.25, -0.2) is 0 Å². The van der Waals surface area contributed by atoms with Crippen molar-refractivity contribution < 1.29 is 28.8 Å². The van der Waals surface area contributed by atoms with E-state index in [9.17, 15) is 28.8 Å². The van der Waals surface area contributed by atoms with Gasteiger partial charge in [-0.15, -0.1) is 0 Å². The van der Waals surface area contributed by atoms with Gasteiger partial charge in [0.15, 0.2) is 0 Å². The maximum absolute atomic E-state index is 12.1. The third kappa shape index (κ3) is 13.1. The van der Waals surface area contributed by atoms with Crippen molar-refractivity contribution in [1.82, 2.24) is 21.7 Å². The molecule has 0 heterocycles. The minimum Gasteiger partial charge on any atom is -0.326 e. The number of rotatable bonds is 13. The Morgan fingerprint density at radius 1 is 0.452 bits per heavy atom. The topological polar surface area (TPSA) is 175 Å². The lowest BCUT2D eigenvalue weighted by atomic mass is 10.1. The fourth-order valence-corrected chi connectivity index (χ4v) is 3.72. The molecule has 42 heavy (non-hydrogen) atoms. The molecule has 0 aromatic heterocycles. The maximum Gasteiger partial charge on any atom is 0.238 e. The van der Waals surface area contributed by atoms with Crippen molar-refractivity contribution in [3.05, 3.63) is 58.7 Å². The highest BCUT2D eigenvalue weighted by Gasteiger charge is 2.12. The quantitative estimate of drug-likeness (QED) is 0.157. The smallest absolute Gasteiger partial charge is 0.238 e. The first-order valence-electron chi connectivity index (χ1n) is 13.8. The van der Waals surface area contributed by atoms with Gasteiger partial charge in [0, 0.05) is 49.9 Å². The molecule has 0 aliphatic rings. The third-order valence-corrected chi connectivity index (χ3v) is 6.23. The van der Waals surface area contributed by atoms with Crippen LogP contribution in [-0.2, 0) is 28.8 Å². The zero-order valence-corrected chi connectivity index (χ0v) is 24.6. The summed E-state index contributed by atoms with van der Waals surface area (Å²) < 4.78 is 0. The molecule has 2 aromatic carbocycles. The van der Waals surface area contributed by atoms with Crippen LogP contribution in [0.4, 0.5) is 11.4 Å². The SMILES string of the molecule is Cc1ccc(C)c(NC(=O)CCC(=O)NNC(=O)CCCCC(=O)NNC(=O)CCC(=O)Nc2cc(C)ccc2C)c1. The molecule has 0 aliphatic carbocycles. The molecule has 12 heteroatoms. The minimum absolute atomic E-state index is 0.0406. The second-order valence-corrected chi connectivity index (χ2v) is 10.1. The van der Waals surface area contributed by atoms with Crippen LogP contribution in [0.1, 0.15) is 73.6 Å². The molecule has 0 saturated heterocycles. The van der Waals surface area contributed by atoms with Crippen LogP contribution in [0.2, 0.25) is 0 Å². The molecular weight excluding hydrogens is 540 g/mol. The molecular formula is C30H40N6O6. The largest absolute Gasteiger partial charge is 0.326 e. The molecule has 0 bridgehead atoms. The van der Waals surface area contributed by atoms with Crippen LogP contribution >= 0.6 is 0 Å². The van der Waals surface area contributed by atoms with E-state index < -0.39 is 23.6 Å². The fourth-order valence-electron chi connectivity index (χ4n) is 3.72. The van der Waals surface area contributed by atoms with Crippen LogP contribution < -0.4 is 32.3 Å². The molecule has 0 spiro atoms. The van der Waals surface area contributed by atoms with Crippen molar-refractivity contribution >= 4 is 46.8 Å². The molecule has 2 aromatic rings. The van der Waals surface area contributed by atoms with Gasteiger partial charge in [0.2, 0.25) is 35.4 Å². The van der Waals surface area contributed by atoms with Gasteiger partial charge >= 0.3 is 0 Å². The summed E-state index contributed by atoms with van der Waals surface area (Å²) in [4.78, 5) is 72.0. The number of hydrogen-bond acceptors (Lipinski definition) is 6. The van der Waals surface area contributed by atoms with E-state index in [4.69, 9.17) is 0 Å². The number of hydrazine groups is 2. The lowest BCUT2D eigenvalue weighted by Gasteiger charge is -2.10. The molecule has 0 fully saturated rings. The Morgan fingerprint density at radius 2 is 0.762 bits per heavy atom. The van der Waals surface area contributed by atoms with Crippen LogP contribution in [0.3, 0.4) is 0 Å². The van der Waals surface area contributed by atoms with E-state index in [2.05, 4.69) is 32.3 Å². The normalized spacial score (nSPS) is 10.3. The minimum atomic E-state index is -0.502. The Kier molecular flexibility index (Phi) is 13.7. The maximum atomic E-state index is 12.1. The predicted octanol–water partition coefficient (Wildman–Crippen LogP) is 2.91. The van der Waals surface area contributed by atoms with Gasteiger partial charge in [-0.1, -0.05) is 24.3 Å². The second kappa shape index (κ2) is 17.2. The Labute approximate surface area is 245 Å². The van der Waals surface area contributed by atoms with Crippen molar-refractivity contribution in [1.29, 1.82) is 0 Å². The van der Waals surface area contributed by atoms with Gasteiger partial charge in [0.25, 0.3) is 0 Å². The molecule has 226 valence electrons. The molecule has 0 radical (unpaired) electrons. The van der Waals surface area contributed by atoms with Gasteiger partial charge < -0.3 is 10.6 Å². The van der Waals surface area contributed by atoms with E-state index in [0.29, 0.717) is 24.2 Å². The zero-order chi connectivity index (χ0) is 31.1. The first-order chi connectivity index (χ1) is 19.9. The highest BCUT2D eigenvalue weighted by atomic mass is 16.2. The van der Waals surface area contributed by atoms with Gasteiger partial charge in [-0.3, -0.25) is 50.5 Å². The van der Waals surface area contributed by atoms with E-state index in [1.54, 1.807) is 0 Å². The summed E-state index contributed by atoms with van der Waals surface area (Å²) in [6, 6.07) is 11.4. The lowest BCUT2D eigenvalue weighted by Crippen LogP contribution is -2.42. The summed E-state index contributed by atoms with van der Waals surface area (Å²) in [6.45, 7) is 7.59. The van der Waals surface area contributed by atoms with Crippen molar-refractivity contribution in [2.45, 2.75) is 79.1 Å². The van der Waals surface area contributed by atoms with Gasteiger partial charge in [-0.2, -0.15) is 0 Å². The highest BCUT2D eigenvalue weighted by molar-refractivity contribution is 5.95. The number of nitrogens with one attached hydrogen (secondary N) is 6. The third-order valence-electron chi connectivity index (χ3n) is 6.23. The number of hydrogen-bond donors (Lipinski definition) is 6. The second-order valence-electron chi connectivity index (χ2n) is 10.1. The van der Waals surface area contributed by atoms with Crippen molar-refractivity contribution in [3.63, 3.8) is 0 Å². The Bertz CT molecular complexity index is 1210. The first kappa shape index (κ1) is 33.5. The summed E-state index contributed by atoms with van der Waals surface area (Å²) >= 11 is 0. The molecule has 0 saturated carbocycles. The van der Waals surface area contributed by atoms with E-state index in [1.807, 2.05) is 64.1 Å². The molecule has 12 nitrogen and oxygen atoms in total. The molecule has 0 atom stereocenters. The van der Waals surface area contributed by atoms with E-state index >= 15 is 0 Å². The number of amides is 6. The number of aryl methyl sites for hydroxylation is 4. The average molecular weight is 581 g/mol. The number of unbranched alkanes of at least 4 members (excludes halogenated alkanes) is 1. The van der Waals surface area contributed by atoms with Crippen LogP contribution in [0, 0.1) is 27.7 Å². The fraction of sp³-hybridized carbons (Fsp3) is 0.400. The van der Waals surface area contributed by atoms with E-state index in [1.165, 1.54) is 0 Å². The summed E-state index contributed by atoms with van der Waals surface area (Å²) in [5.74, 6) is -2.49. The monoisotopic (exact) mass is 580 g/mol. The van der Waals surface area contributed by atoms with Crippen molar-refractivity contribution in [3.8, 4) is 0 Å². The number of carbonyl (C=O) groups excluding carboxylic acids is 6. The first-order valence-corrected chi connectivity index (χ1v) is 13.8. The van der Waals surface area contributed by atoms with Crippen LogP contribution in [0.25, 0.3) is 0 Å². The van der Waals surface area contributed by atoms with Crippen LogP contribution in [0.5, 0.6) is 0 Å². The van der Waals surface area contributed by atoms with Crippen molar-refractivity contribution in [2.24, 2.45) is 0 Å². The lowest BCUT2D eigenvalue weighted by molar-refractivity contribution is -0.130. The Balaban J connectivity index is 1.51. The summed E-state index contributed by atoms with van der Waals surface area (Å²) in [5.41, 5.74) is 14.3. The van der Waals surface area contributed by atoms with Gasteiger partial charge in [0.05, 0.1) is 0 Å². The standard InChI is InChI=1S/C30H40N6O6/c1-19-9-11-21(3)23(17-19)31-25(37)13-15-29(41)35-33-27(39)7-5-6-8-28(40)34-36-30(42)16-14-26(38)32-24-18-20(2)10-12-22(24)4/h9-12,17-18H,5-8,13-16H2,1-4H3,(H,31,37)(H,32,38)(H,33,39)(H,34,40)(H,35,41)(H,36,42). The molecule has 6 amide bonds. The summed E-state index contributed by atoms with van der Waals surface area (Å²) in [6.07, 6.45) is 0.618. The van der Waals surface area contributed by atoms with Crippen molar-refractivity contribution in [2.75, 3.05) is 10.6 Å². The van der Waals surface area contributed by atoms with E-state index in [-0.39, 0.29) is 50.3 Å². The van der Waals surface area contributed by atoms with Gasteiger partial charge in [-0.05, 0) is 74.9 Å². The van der Waals surface area contributed by atoms with E-state index in [0.717, 1.165) is 22.3 Å². The highest BCUT2D eigenvalue weighted by Crippen LogP contribution is 2.17. The summed E-state index contributed by atoms with van der Waals surface area (Å²) in [7, 11) is 0. The number of anilines is 2. The molecule has 6 N–H and O–H groups in total. The molecule has 0 unspecified atom stereocenters. The zero-order valence-electron chi connectivity index (χ0n) is 24.6. The average Bonchev–Trinajstić information content (AvgIpc) is 2.94.